The van der Waals surface area contributed by atoms with Gasteiger partial charge in [-0.3, -0.25) is 19.5 Å². The third-order valence-corrected chi connectivity index (χ3v) is 5.69. The van der Waals surface area contributed by atoms with Crippen LogP contribution < -0.4 is 10.1 Å². The zero-order chi connectivity index (χ0) is 24.3. The molecule has 0 fully saturated rings. The average Bonchev–Trinajstić information content (AvgIpc) is 3.04. The molecule has 2 aromatic carbocycles. The van der Waals surface area contributed by atoms with Crippen LogP contribution in [0.25, 0.3) is 5.57 Å². The molecule has 0 atom stereocenters. The molecule has 0 spiro atoms. The average molecular weight is 456 g/mol. The van der Waals surface area contributed by atoms with Crippen LogP contribution in [0.2, 0.25) is 0 Å². The number of ether oxygens (including phenoxy) is 1. The Morgan fingerprint density at radius 1 is 0.912 bits per heavy atom. The van der Waals surface area contributed by atoms with E-state index in [-0.39, 0.29) is 29.5 Å². The van der Waals surface area contributed by atoms with Crippen molar-refractivity contribution < 1.29 is 14.3 Å². The van der Waals surface area contributed by atoms with Crippen LogP contribution in [0, 0.1) is 0 Å². The lowest BCUT2D eigenvalue weighted by molar-refractivity contribution is -0.137. The number of imide groups is 1. The Balaban J connectivity index is 1.70. The van der Waals surface area contributed by atoms with Gasteiger partial charge in [-0.1, -0.05) is 51.1 Å². The van der Waals surface area contributed by atoms with Crippen molar-refractivity contribution in [1.29, 1.82) is 0 Å². The molecular weight excluding hydrogens is 426 g/mol. The van der Waals surface area contributed by atoms with Crippen molar-refractivity contribution in [1.82, 2.24) is 9.88 Å². The van der Waals surface area contributed by atoms with Gasteiger partial charge in [-0.2, -0.15) is 0 Å². The Kier molecular flexibility index (Phi) is 6.50. The SMILES string of the molecule is CCOc1ccc(C2=C(Nc3ccc(C(C)(C)C)cc3)C(=O)N(Cc3ccccn3)C2=O)cc1. The first-order valence-corrected chi connectivity index (χ1v) is 11.4. The van der Waals surface area contributed by atoms with E-state index in [4.69, 9.17) is 4.74 Å². The zero-order valence-electron chi connectivity index (χ0n) is 20.0. The maximum absolute atomic E-state index is 13.5. The zero-order valence-corrected chi connectivity index (χ0v) is 20.0. The van der Waals surface area contributed by atoms with Gasteiger partial charge in [0.1, 0.15) is 11.4 Å². The molecule has 0 saturated heterocycles. The lowest BCUT2D eigenvalue weighted by Crippen LogP contribution is -2.32. The maximum Gasteiger partial charge on any atom is 0.278 e. The molecule has 0 bridgehead atoms. The number of benzene rings is 2. The Hall–Kier alpha value is -3.93. The summed E-state index contributed by atoms with van der Waals surface area (Å²) in [5.74, 6) is -0.0192. The van der Waals surface area contributed by atoms with Crippen molar-refractivity contribution in [3.05, 3.63) is 95.4 Å². The van der Waals surface area contributed by atoms with Gasteiger partial charge >= 0.3 is 0 Å². The minimum atomic E-state index is -0.376. The smallest absolute Gasteiger partial charge is 0.278 e. The van der Waals surface area contributed by atoms with E-state index < -0.39 is 0 Å². The predicted molar refractivity (Wildman–Crippen MR) is 133 cm³/mol. The summed E-state index contributed by atoms with van der Waals surface area (Å²) in [5, 5.41) is 3.22. The molecule has 2 amide bonds. The number of aromatic nitrogens is 1. The standard InChI is InChI=1S/C28H29N3O3/c1-5-34-23-15-9-19(10-16-23)24-25(30-21-13-11-20(12-14-21)28(2,3)4)27(33)31(26(24)32)18-22-8-6-7-17-29-22/h6-17,30H,5,18H2,1-4H3. The van der Waals surface area contributed by atoms with Gasteiger partial charge in [0.15, 0.2) is 0 Å². The van der Waals surface area contributed by atoms with Crippen molar-refractivity contribution in [3.63, 3.8) is 0 Å². The van der Waals surface area contributed by atoms with Crippen LogP contribution in [0.3, 0.4) is 0 Å². The summed E-state index contributed by atoms with van der Waals surface area (Å²) in [6, 6.07) is 20.6. The van der Waals surface area contributed by atoms with E-state index in [0.29, 0.717) is 29.2 Å². The largest absolute Gasteiger partial charge is 0.494 e. The van der Waals surface area contributed by atoms with Crippen molar-refractivity contribution in [2.24, 2.45) is 0 Å². The lowest BCUT2D eigenvalue weighted by atomic mass is 9.87. The van der Waals surface area contributed by atoms with Crippen molar-refractivity contribution >= 4 is 23.1 Å². The fraction of sp³-hybridized carbons (Fsp3) is 0.250. The van der Waals surface area contributed by atoms with Gasteiger partial charge in [0.25, 0.3) is 11.8 Å². The van der Waals surface area contributed by atoms with Gasteiger partial charge < -0.3 is 10.1 Å². The molecule has 6 nitrogen and oxygen atoms in total. The molecule has 0 aliphatic carbocycles. The number of hydrogen-bond acceptors (Lipinski definition) is 5. The van der Waals surface area contributed by atoms with E-state index in [0.717, 1.165) is 5.69 Å². The second-order valence-electron chi connectivity index (χ2n) is 9.18. The van der Waals surface area contributed by atoms with Crippen LogP contribution in [0.15, 0.2) is 78.6 Å². The molecule has 34 heavy (non-hydrogen) atoms. The van der Waals surface area contributed by atoms with E-state index in [9.17, 15) is 9.59 Å². The van der Waals surface area contributed by atoms with Crippen LogP contribution >= 0.6 is 0 Å². The molecule has 3 aromatic rings. The number of rotatable bonds is 7. The van der Waals surface area contributed by atoms with Crippen molar-refractivity contribution in [2.45, 2.75) is 39.7 Å². The van der Waals surface area contributed by atoms with E-state index in [1.807, 2.05) is 37.3 Å². The maximum atomic E-state index is 13.5. The molecule has 174 valence electrons. The molecular formula is C28H29N3O3. The van der Waals surface area contributed by atoms with Crippen LogP contribution in [-0.2, 0) is 21.5 Å². The second kappa shape index (κ2) is 9.51. The third kappa shape index (κ3) is 4.86. The minimum Gasteiger partial charge on any atom is -0.494 e. The van der Waals surface area contributed by atoms with Gasteiger partial charge in [0.2, 0.25) is 0 Å². The minimum absolute atomic E-state index is 0.0177. The molecule has 2 heterocycles. The monoisotopic (exact) mass is 455 g/mol. The highest BCUT2D eigenvalue weighted by molar-refractivity contribution is 6.36. The normalized spacial score (nSPS) is 14.1. The van der Waals surface area contributed by atoms with Gasteiger partial charge in [-0.25, -0.2) is 0 Å². The van der Waals surface area contributed by atoms with E-state index in [1.165, 1.54) is 10.5 Å². The molecule has 0 saturated carbocycles. The van der Waals surface area contributed by atoms with Gasteiger partial charge in [0, 0.05) is 11.9 Å². The number of anilines is 1. The Morgan fingerprint density at radius 3 is 2.21 bits per heavy atom. The van der Waals surface area contributed by atoms with E-state index >= 15 is 0 Å². The fourth-order valence-corrected chi connectivity index (χ4v) is 3.84. The highest BCUT2D eigenvalue weighted by atomic mass is 16.5. The number of carbonyl (C=O) groups is 2. The van der Waals surface area contributed by atoms with Gasteiger partial charge in [-0.05, 0) is 59.9 Å². The molecule has 1 N–H and O–H groups in total. The molecule has 0 unspecified atom stereocenters. The Morgan fingerprint density at radius 2 is 1.62 bits per heavy atom. The number of nitrogens with one attached hydrogen (secondary N) is 1. The second-order valence-corrected chi connectivity index (χ2v) is 9.18. The highest BCUT2D eigenvalue weighted by Gasteiger charge is 2.39. The number of hydrogen-bond donors (Lipinski definition) is 1. The fourth-order valence-electron chi connectivity index (χ4n) is 3.84. The Bertz CT molecular complexity index is 1210. The molecule has 1 aliphatic rings. The topological polar surface area (TPSA) is 71.5 Å². The van der Waals surface area contributed by atoms with Crippen molar-refractivity contribution in [3.8, 4) is 5.75 Å². The first kappa shape index (κ1) is 23.2. The van der Waals surface area contributed by atoms with Crippen LogP contribution in [0.5, 0.6) is 5.75 Å². The van der Waals surface area contributed by atoms with Crippen LogP contribution in [-0.4, -0.2) is 28.3 Å². The summed E-state index contributed by atoms with van der Waals surface area (Å²) >= 11 is 0. The van der Waals surface area contributed by atoms with Gasteiger partial charge in [0.05, 0.1) is 24.4 Å². The van der Waals surface area contributed by atoms with E-state index in [2.05, 4.69) is 31.1 Å². The lowest BCUT2D eigenvalue weighted by Gasteiger charge is -2.19. The molecule has 0 radical (unpaired) electrons. The predicted octanol–water partition coefficient (Wildman–Crippen LogP) is 5.17. The Labute approximate surface area is 200 Å². The molecule has 6 heteroatoms. The molecule has 1 aliphatic heterocycles. The number of nitrogens with zero attached hydrogens (tertiary/aromatic N) is 2. The quantitative estimate of drug-likeness (QED) is 0.498. The molecule has 4 rings (SSSR count). The van der Waals surface area contributed by atoms with Crippen LogP contribution in [0.4, 0.5) is 5.69 Å². The molecule has 1 aromatic heterocycles. The summed E-state index contributed by atoms with van der Waals surface area (Å²) in [7, 11) is 0. The summed E-state index contributed by atoms with van der Waals surface area (Å²) < 4.78 is 5.53. The summed E-state index contributed by atoms with van der Waals surface area (Å²) in [4.78, 5) is 32.4. The summed E-state index contributed by atoms with van der Waals surface area (Å²) in [6.07, 6.45) is 1.65. The van der Waals surface area contributed by atoms with Crippen molar-refractivity contribution in [2.75, 3.05) is 11.9 Å². The third-order valence-electron chi connectivity index (χ3n) is 5.69. The number of amides is 2. The summed E-state index contributed by atoms with van der Waals surface area (Å²) in [6.45, 7) is 9.02. The van der Waals surface area contributed by atoms with Crippen LogP contribution in [0.1, 0.15) is 44.5 Å². The summed E-state index contributed by atoms with van der Waals surface area (Å²) in [5.41, 5.74) is 3.84. The van der Waals surface area contributed by atoms with E-state index in [1.54, 1.807) is 42.6 Å². The number of pyridine rings is 1. The first-order valence-electron chi connectivity index (χ1n) is 11.4. The van der Waals surface area contributed by atoms with Gasteiger partial charge in [-0.15, -0.1) is 0 Å². The highest BCUT2D eigenvalue weighted by Crippen LogP contribution is 2.33. The first-order chi connectivity index (χ1) is 16.3. The number of carbonyl (C=O) groups excluding carboxylic acids is 2.